The molecule has 0 saturated carbocycles. The number of esters is 1. The molecule has 0 saturated heterocycles. The maximum Gasteiger partial charge on any atom is 0.305 e. The molecule has 0 heterocycles. The van der Waals surface area contributed by atoms with Crippen molar-refractivity contribution in [2.45, 2.75) is 463 Å². The molecule has 0 aliphatic heterocycles. The van der Waals surface area contributed by atoms with Crippen LogP contribution < -0.4 is 5.32 Å². The van der Waals surface area contributed by atoms with Crippen LogP contribution in [0.5, 0.6) is 0 Å². The smallest absolute Gasteiger partial charge is 0.305 e. The van der Waals surface area contributed by atoms with Gasteiger partial charge in [0.1, 0.15) is 0 Å². The zero-order chi connectivity index (χ0) is 60.6. The largest absolute Gasteiger partial charge is 0.466 e. The third-order valence-corrected chi connectivity index (χ3v) is 18.6. The van der Waals surface area contributed by atoms with Crippen LogP contribution in [0, 0.1) is 0 Å². The summed E-state index contributed by atoms with van der Waals surface area (Å²) in [7, 11) is 0. The van der Waals surface area contributed by atoms with E-state index in [-0.39, 0.29) is 18.5 Å². The van der Waals surface area contributed by atoms with Crippen LogP contribution in [0.4, 0.5) is 0 Å². The summed E-state index contributed by atoms with van der Waals surface area (Å²) in [5.74, 6) is -0.00978. The van der Waals surface area contributed by atoms with Crippen LogP contribution in [0.2, 0.25) is 0 Å². The van der Waals surface area contributed by atoms with Crippen molar-refractivity contribution in [3.05, 3.63) is 12.2 Å². The van der Waals surface area contributed by atoms with Gasteiger partial charge in [-0.05, 0) is 51.4 Å². The SMILES string of the molecule is CCCCCCCC/C=C\CCCCCCCCCCCC(=O)OCCCCCCCCCCCCCCCCCCCCCCCCCCCC(=O)NC(CO)C(O)CCCCCCCCCCCCCCCCCCCCCCCCC. The number of rotatable bonds is 74. The number of hydrogen-bond donors (Lipinski definition) is 3. The number of unbranched alkanes of at least 4 members (excludes halogenated alkanes) is 61. The van der Waals surface area contributed by atoms with E-state index in [1.165, 1.54) is 379 Å². The minimum Gasteiger partial charge on any atom is -0.466 e. The molecule has 0 spiro atoms. The molecule has 2 atom stereocenters. The van der Waals surface area contributed by atoms with Crippen molar-refractivity contribution in [2.24, 2.45) is 0 Å². The number of carbonyl (C=O) groups is 2. The maximum absolute atomic E-state index is 12.6. The number of amides is 1. The maximum atomic E-state index is 12.6. The van der Waals surface area contributed by atoms with E-state index in [0.29, 0.717) is 25.9 Å². The Morgan fingerprint density at radius 2 is 0.560 bits per heavy atom. The van der Waals surface area contributed by atoms with E-state index in [1.807, 2.05) is 0 Å². The van der Waals surface area contributed by atoms with Gasteiger partial charge in [0.2, 0.25) is 5.91 Å². The fourth-order valence-electron chi connectivity index (χ4n) is 12.6. The number of nitrogens with one attached hydrogen (secondary N) is 1. The molecule has 0 bridgehead atoms. The van der Waals surface area contributed by atoms with Crippen molar-refractivity contribution < 1.29 is 24.5 Å². The van der Waals surface area contributed by atoms with Crippen molar-refractivity contribution in [1.82, 2.24) is 5.32 Å². The second-order valence-electron chi connectivity index (χ2n) is 27.0. The minimum atomic E-state index is -0.664. The van der Waals surface area contributed by atoms with Gasteiger partial charge in [-0.25, -0.2) is 0 Å². The normalized spacial score (nSPS) is 12.5. The Morgan fingerprint density at radius 3 is 0.845 bits per heavy atom. The van der Waals surface area contributed by atoms with Gasteiger partial charge in [-0.1, -0.05) is 398 Å². The topological polar surface area (TPSA) is 95.9 Å². The average Bonchev–Trinajstić information content (AvgIpc) is 3.51. The summed E-state index contributed by atoms with van der Waals surface area (Å²) in [6.45, 7) is 5.00. The second-order valence-corrected chi connectivity index (χ2v) is 27.0. The summed E-state index contributed by atoms with van der Waals surface area (Å²) < 4.78 is 5.52. The van der Waals surface area contributed by atoms with Gasteiger partial charge >= 0.3 is 5.97 Å². The van der Waals surface area contributed by atoms with Crippen LogP contribution in [0.3, 0.4) is 0 Å². The van der Waals surface area contributed by atoms with E-state index >= 15 is 0 Å². The first-order valence-corrected chi connectivity index (χ1v) is 38.9. The molecule has 0 aromatic heterocycles. The Morgan fingerprint density at radius 1 is 0.321 bits per heavy atom. The highest BCUT2D eigenvalue weighted by atomic mass is 16.5. The predicted molar refractivity (Wildman–Crippen MR) is 370 cm³/mol. The summed E-state index contributed by atoms with van der Waals surface area (Å²) in [5, 5.41) is 23.5. The Kier molecular flexibility index (Phi) is 72.8. The van der Waals surface area contributed by atoms with E-state index in [4.69, 9.17) is 4.74 Å². The molecule has 0 rings (SSSR count). The van der Waals surface area contributed by atoms with Crippen LogP contribution in [0.25, 0.3) is 0 Å². The lowest BCUT2D eigenvalue weighted by molar-refractivity contribution is -0.143. The molecule has 0 aliphatic rings. The Hall–Kier alpha value is -1.40. The minimum absolute atomic E-state index is 0.0176. The number of aliphatic hydroxyl groups excluding tert-OH is 2. The molecule has 1 amide bonds. The van der Waals surface area contributed by atoms with E-state index < -0.39 is 12.1 Å². The molecule has 3 N–H and O–H groups in total. The first-order valence-electron chi connectivity index (χ1n) is 38.9. The zero-order valence-corrected chi connectivity index (χ0v) is 57.4. The summed E-state index contributed by atoms with van der Waals surface area (Å²) in [6.07, 6.45) is 92.9. The van der Waals surface area contributed by atoms with Gasteiger partial charge in [0.25, 0.3) is 0 Å². The molecule has 0 aromatic rings. The standard InChI is InChI=1S/C78H153NO5/c1-3-5-7-9-11-13-15-17-19-21-23-24-28-31-35-38-42-46-50-54-58-62-66-70-76(81)75(74-80)79-77(82)71-67-63-59-55-51-47-43-39-36-32-29-26-25-27-30-33-37-41-45-49-53-57-61-65-69-73-84-78(83)72-68-64-60-56-52-48-44-40-34-22-20-18-16-14-12-10-8-6-4-2/h18,20,75-76,80-81H,3-17,19,21-74H2,1-2H3,(H,79,82)/b20-18-. The fourth-order valence-corrected chi connectivity index (χ4v) is 12.6. The van der Waals surface area contributed by atoms with Crippen LogP contribution in [0.1, 0.15) is 450 Å². The van der Waals surface area contributed by atoms with Crippen LogP contribution >= 0.6 is 0 Å². The number of ether oxygens (including phenoxy) is 1. The van der Waals surface area contributed by atoms with Crippen LogP contribution in [-0.2, 0) is 14.3 Å². The zero-order valence-electron chi connectivity index (χ0n) is 57.4. The highest BCUT2D eigenvalue weighted by Crippen LogP contribution is 2.20. The quantitative estimate of drug-likeness (QED) is 0.0320. The summed E-state index contributed by atoms with van der Waals surface area (Å²) in [6, 6.07) is -0.541. The average molecular weight is 1190 g/mol. The van der Waals surface area contributed by atoms with Gasteiger partial charge in [0.05, 0.1) is 25.4 Å². The Bertz CT molecular complexity index is 1270. The van der Waals surface area contributed by atoms with Crippen molar-refractivity contribution >= 4 is 11.9 Å². The number of aliphatic hydroxyl groups is 2. The molecule has 0 aromatic carbocycles. The first-order chi connectivity index (χ1) is 41.5. The first kappa shape index (κ1) is 82.6. The van der Waals surface area contributed by atoms with Crippen LogP contribution in [-0.4, -0.2) is 47.4 Å². The molecule has 84 heavy (non-hydrogen) atoms. The van der Waals surface area contributed by atoms with Gasteiger partial charge in [0, 0.05) is 12.8 Å². The number of carbonyl (C=O) groups excluding carboxylic acids is 2. The predicted octanol–water partition coefficient (Wildman–Crippen LogP) is 25.5. The summed E-state index contributed by atoms with van der Waals surface area (Å²) in [4.78, 5) is 24.7. The molecule has 0 radical (unpaired) electrons. The monoisotopic (exact) mass is 1180 g/mol. The lowest BCUT2D eigenvalue weighted by Gasteiger charge is -2.22. The Labute approximate surface area is 527 Å². The van der Waals surface area contributed by atoms with Crippen molar-refractivity contribution in [1.29, 1.82) is 0 Å². The summed E-state index contributed by atoms with van der Waals surface area (Å²) >= 11 is 0. The molecular weight excluding hydrogens is 1030 g/mol. The summed E-state index contributed by atoms with van der Waals surface area (Å²) in [5.41, 5.74) is 0. The lowest BCUT2D eigenvalue weighted by atomic mass is 10.0. The van der Waals surface area contributed by atoms with Crippen molar-refractivity contribution in [3.8, 4) is 0 Å². The molecule has 2 unspecified atom stereocenters. The van der Waals surface area contributed by atoms with Gasteiger partial charge in [-0.2, -0.15) is 0 Å². The van der Waals surface area contributed by atoms with Gasteiger partial charge in [-0.15, -0.1) is 0 Å². The van der Waals surface area contributed by atoms with Gasteiger partial charge in [-0.3, -0.25) is 9.59 Å². The molecule has 6 heteroatoms. The molecular formula is C78H153NO5. The van der Waals surface area contributed by atoms with E-state index in [2.05, 4.69) is 31.3 Å². The number of hydrogen-bond acceptors (Lipinski definition) is 5. The van der Waals surface area contributed by atoms with Gasteiger partial charge in [0.15, 0.2) is 0 Å². The highest BCUT2D eigenvalue weighted by Gasteiger charge is 2.20. The van der Waals surface area contributed by atoms with Crippen molar-refractivity contribution in [3.63, 3.8) is 0 Å². The highest BCUT2D eigenvalue weighted by molar-refractivity contribution is 5.76. The van der Waals surface area contributed by atoms with E-state index in [0.717, 1.165) is 38.5 Å². The molecule has 6 nitrogen and oxygen atoms in total. The van der Waals surface area contributed by atoms with Crippen molar-refractivity contribution in [2.75, 3.05) is 13.2 Å². The van der Waals surface area contributed by atoms with Gasteiger partial charge < -0.3 is 20.3 Å². The van der Waals surface area contributed by atoms with E-state index in [1.54, 1.807) is 0 Å². The lowest BCUT2D eigenvalue weighted by Crippen LogP contribution is -2.45. The van der Waals surface area contributed by atoms with Crippen LogP contribution in [0.15, 0.2) is 12.2 Å². The second kappa shape index (κ2) is 74.1. The fraction of sp³-hybridized carbons (Fsp3) is 0.949. The number of allylic oxidation sites excluding steroid dienone is 2. The molecule has 500 valence electrons. The third-order valence-electron chi connectivity index (χ3n) is 18.6. The van der Waals surface area contributed by atoms with E-state index in [9.17, 15) is 19.8 Å². The third kappa shape index (κ3) is 69.7. The molecule has 0 fully saturated rings. The Balaban J connectivity index is 3.35. The molecule has 0 aliphatic carbocycles.